The molecule has 3 rings (SSSR count). The van der Waals surface area contributed by atoms with E-state index in [9.17, 15) is 0 Å². The molecule has 0 amide bonds. The Kier molecular flexibility index (Phi) is 4.13. The highest BCUT2D eigenvalue weighted by Gasteiger charge is 2.47. The van der Waals surface area contributed by atoms with Crippen LogP contribution in [-0.4, -0.2) is 45.9 Å². The Morgan fingerprint density at radius 2 is 2.20 bits per heavy atom. The summed E-state index contributed by atoms with van der Waals surface area (Å²) in [5.74, 6) is 0.898. The van der Waals surface area contributed by atoms with Crippen molar-refractivity contribution in [2.45, 2.75) is 57.7 Å². The van der Waals surface area contributed by atoms with Gasteiger partial charge in [0, 0.05) is 43.6 Å². The average molecular weight is 276 g/mol. The summed E-state index contributed by atoms with van der Waals surface area (Å²) in [7, 11) is 0. The van der Waals surface area contributed by atoms with Gasteiger partial charge in [-0.15, -0.1) is 0 Å². The summed E-state index contributed by atoms with van der Waals surface area (Å²) in [4.78, 5) is 2.74. The molecule has 4 nitrogen and oxygen atoms in total. The van der Waals surface area contributed by atoms with Gasteiger partial charge < -0.3 is 5.32 Å². The molecule has 2 unspecified atom stereocenters. The molecule has 1 aliphatic heterocycles. The second-order valence-corrected chi connectivity index (χ2v) is 6.71. The molecule has 1 saturated carbocycles. The minimum atomic E-state index is 0.359. The first-order valence-corrected chi connectivity index (χ1v) is 8.18. The summed E-state index contributed by atoms with van der Waals surface area (Å²) in [5, 5.41) is 8.13. The Morgan fingerprint density at radius 1 is 1.35 bits per heavy atom. The predicted molar refractivity (Wildman–Crippen MR) is 81.6 cm³/mol. The molecule has 0 aromatic carbocycles. The van der Waals surface area contributed by atoms with Gasteiger partial charge >= 0.3 is 0 Å². The first-order chi connectivity index (χ1) is 9.72. The van der Waals surface area contributed by atoms with Gasteiger partial charge in [0.2, 0.25) is 0 Å². The lowest BCUT2D eigenvalue weighted by Crippen LogP contribution is -2.64. The number of piperazine rings is 1. The fourth-order valence-electron chi connectivity index (χ4n) is 3.65. The molecule has 1 saturated heterocycles. The third-order valence-corrected chi connectivity index (χ3v) is 5.16. The summed E-state index contributed by atoms with van der Waals surface area (Å²) >= 11 is 0. The highest BCUT2D eigenvalue weighted by atomic mass is 15.3. The largest absolute Gasteiger partial charge is 0.311 e. The zero-order chi connectivity index (χ0) is 14.0. The zero-order valence-electron chi connectivity index (χ0n) is 12.9. The van der Waals surface area contributed by atoms with Crippen molar-refractivity contribution in [3.8, 4) is 0 Å². The number of nitrogens with one attached hydrogen (secondary N) is 1. The van der Waals surface area contributed by atoms with Crippen molar-refractivity contribution in [2.24, 2.45) is 5.92 Å². The van der Waals surface area contributed by atoms with Crippen molar-refractivity contribution >= 4 is 0 Å². The van der Waals surface area contributed by atoms with Crippen molar-refractivity contribution in [3.63, 3.8) is 0 Å². The van der Waals surface area contributed by atoms with E-state index in [0.717, 1.165) is 25.6 Å². The summed E-state index contributed by atoms with van der Waals surface area (Å²) < 4.78 is 2.06. The smallest absolute Gasteiger partial charge is 0.0536 e. The number of rotatable bonds is 6. The van der Waals surface area contributed by atoms with Crippen LogP contribution in [0.4, 0.5) is 0 Å². The highest BCUT2D eigenvalue weighted by molar-refractivity contribution is 5.04. The van der Waals surface area contributed by atoms with Crippen LogP contribution in [0.2, 0.25) is 0 Å². The monoisotopic (exact) mass is 276 g/mol. The molecule has 1 aromatic rings. The fourth-order valence-corrected chi connectivity index (χ4v) is 3.65. The molecule has 0 bridgehead atoms. The maximum Gasteiger partial charge on any atom is 0.0536 e. The van der Waals surface area contributed by atoms with Gasteiger partial charge in [0.15, 0.2) is 0 Å². The first-order valence-electron chi connectivity index (χ1n) is 8.18. The number of hydrogen-bond acceptors (Lipinski definition) is 3. The normalized spacial score (nSPS) is 31.6. The predicted octanol–water partition coefficient (Wildman–Crippen LogP) is 2.13. The van der Waals surface area contributed by atoms with Crippen LogP contribution in [0, 0.1) is 5.92 Å². The van der Waals surface area contributed by atoms with E-state index in [-0.39, 0.29) is 0 Å². The molecular weight excluding hydrogens is 248 g/mol. The lowest BCUT2D eigenvalue weighted by Gasteiger charge is -2.49. The van der Waals surface area contributed by atoms with E-state index in [1.165, 1.54) is 32.2 Å². The van der Waals surface area contributed by atoms with E-state index < -0.39 is 0 Å². The van der Waals surface area contributed by atoms with Gasteiger partial charge in [-0.3, -0.25) is 9.58 Å². The second kappa shape index (κ2) is 5.86. The Balaban J connectivity index is 1.64. The van der Waals surface area contributed by atoms with Crippen molar-refractivity contribution in [1.82, 2.24) is 20.0 Å². The van der Waals surface area contributed by atoms with E-state index in [4.69, 9.17) is 0 Å². The third-order valence-electron chi connectivity index (χ3n) is 5.16. The van der Waals surface area contributed by atoms with Crippen LogP contribution in [0.1, 0.15) is 39.5 Å². The van der Waals surface area contributed by atoms with Crippen LogP contribution in [0.25, 0.3) is 0 Å². The van der Waals surface area contributed by atoms with Crippen LogP contribution in [0.15, 0.2) is 18.5 Å². The molecule has 20 heavy (non-hydrogen) atoms. The fraction of sp³-hybridized carbons (Fsp3) is 0.812. The summed E-state index contributed by atoms with van der Waals surface area (Å²) in [6, 6.07) is 2.68. The summed E-state index contributed by atoms with van der Waals surface area (Å²) in [6.07, 6.45) is 9.32. The van der Waals surface area contributed by atoms with E-state index in [1.54, 1.807) is 0 Å². The lowest BCUT2D eigenvalue weighted by molar-refractivity contribution is 0.0295. The molecule has 2 fully saturated rings. The number of aromatic nitrogens is 2. The SMILES string of the molecule is CCCC1CN(CCn2cccn2)C(C)(C2CC2)CN1. The molecule has 1 aromatic heterocycles. The summed E-state index contributed by atoms with van der Waals surface area (Å²) in [6.45, 7) is 9.22. The molecule has 112 valence electrons. The van der Waals surface area contributed by atoms with Crippen LogP contribution in [0.5, 0.6) is 0 Å². The van der Waals surface area contributed by atoms with Crippen LogP contribution in [-0.2, 0) is 6.54 Å². The van der Waals surface area contributed by atoms with Crippen molar-refractivity contribution in [1.29, 1.82) is 0 Å². The molecular formula is C16H28N4. The summed E-state index contributed by atoms with van der Waals surface area (Å²) in [5.41, 5.74) is 0.359. The molecule has 0 radical (unpaired) electrons. The van der Waals surface area contributed by atoms with Crippen LogP contribution < -0.4 is 5.32 Å². The Hall–Kier alpha value is -0.870. The highest BCUT2D eigenvalue weighted by Crippen LogP contribution is 2.44. The maximum absolute atomic E-state index is 4.34. The number of hydrogen-bond donors (Lipinski definition) is 1. The molecule has 2 aliphatic rings. The Labute approximate surface area is 122 Å². The second-order valence-electron chi connectivity index (χ2n) is 6.71. The van der Waals surface area contributed by atoms with Crippen molar-refractivity contribution < 1.29 is 0 Å². The minimum absolute atomic E-state index is 0.359. The topological polar surface area (TPSA) is 33.1 Å². The maximum atomic E-state index is 4.34. The average Bonchev–Trinajstić information content (AvgIpc) is 3.18. The Bertz CT molecular complexity index is 412. The van der Waals surface area contributed by atoms with E-state index in [2.05, 4.69) is 40.0 Å². The third kappa shape index (κ3) is 2.91. The van der Waals surface area contributed by atoms with Gasteiger partial charge in [0.1, 0.15) is 0 Å². The quantitative estimate of drug-likeness (QED) is 0.864. The molecule has 2 atom stereocenters. The Morgan fingerprint density at radius 3 is 2.85 bits per heavy atom. The van der Waals surface area contributed by atoms with Crippen molar-refractivity contribution in [2.75, 3.05) is 19.6 Å². The number of nitrogens with zero attached hydrogens (tertiary/aromatic N) is 3. The lowest BCUT2D eigenvalue weighted by atomic mass is 9.89. The van der Waals surface area contributed by atoms with Gasteiger partial charge in [-0.1, -0.05) is 13.3 Å². The van der Waals surface area contributed by atoms with Gasteiger partial charge in [0.05, 0.1) is 6.54 Å². The minimum Gasteiger partial charge on any atom is -0.311 e. The molecule has 1 aliphatic carbocycles. The molecule has 0 spiro atoms. The molecule has 4 heteroatoms. The standard InChI is InChI=1S/C16H28N4/c1-3-5-15-12-19(10-11-20-9-4-8-18-20)16(2,13-17-15)14-6-7-14/h4,8-9,14-15,17H,3,5-7,10-13H2,1-2H3. The van der Waals surface area contributed by atoms with Gasteiger partial charge in [-0.25, -0.2) is 0 Å². The molecule has 2 heterocycles. The van der Waals surface area contributed by atoms with E-state index in [1.807, 2.05) is 12.3 Å². The zero-order valence-corrected chi connectivity index (χ0v) is 12.9. The van der Waals surface area contributed by atoms with Crippen molar-refractivity contribution in [3.05, 3.63) is 18.5 Å². The van der Waals surface area contributed by atoms with Gasteiger partial charge in [-0.2, -0.15) is 5.10 Å². The van der Waals surface area contributed by atoms with Gasteiger partial charge in [0.25, 0.3) is 0 Å². The van der Waals surface area contributed by atoms with Gasteiger partial charge in [-0.05, 0) is 38.2 Å². The molecule has 1 N–H and O–H groups in total. The van der Waals surface area contributed by atoms with Crippen LogP contribution in [0.3, 0.4) is 0 Å². The van der Waals surface area contributed by atoms with E-state index in [0.29, 0.717) is 11.6 Å². The first kappa shape index (κ1) is 14.1. The van der Waals surface area contributed by atoms with Crippen LogP contribution >= 0.6 is 0 Å². The van der Waals surface area contributed by atoms with E-state index >= 15 is 0 Å².